The number of ether oxygens (including phenoxy) is 2. The van der Waals surface area contributed by atoms with E-state index in [0.29, 0.717) is 5.65 Å². The number of aromatic nitrogens is 4. The van der Waals surface area contributed by atoms with Gasteiger partial charge in [-0.1, -0.05) is 48.5 Å². The van der Waals surface area contributed by atoms with Crippen LogP contribution in [0.25, 0.3) is 22.3 Å². The van der Waals surface area contributed by atoms with E-state index in [0.717, 1.165) is 22.3 Å². The average molecular weight is 633 g/mol. The second-order valence-electron chi connectivity index (χ2n) is 10.9. The van der Waals surface area contributed by atoms with Crippen LogP contribution in [0.3, 0.4) is 0 Å². The molecule has 6 rings (SSSR count). The first kappa shape index (κ1) is 30.8. The summed E-state index contributed by atoms with van der Waals surface area (Å²) in [5.74, 6) is -0.0834. The Labute approximate surface area is 260 Å². The summed E-state index contributed by atoms with van der Waals surface area (Å²) in [5.41, 5.74) is 4.62. The van der Waals surface area contributed by atoms with Gasteiger partial charge in [-0.3, -0.25) is 9.36 Å². The van der Waals surface area contributed by atoms with E-state index in [9.17, 15) is 14.5 Å². The molecule has 2 aromatic carbocycles. The topological polar surface area (TPSA) is 171 Å². The molecule has 1 aliphatic heterocycles. The molecule has 0 bridgehead atoms. The first-order valence-corrected chi connectivity index (χ1v) is 15.6. The Morgan fingerprint density at radius 3 is 2.60 bits per heavy atom. The fourth-order valence-electron chi connectivity index (χ4n) is 5.84. The predicted octanol–water partition coefficient (Wildman–Crippen LogP) is 3.24. The number of carbonyl (C=O) groups is 1. The maximum Gasteiger partial charge on any atom is 0.407 e. The third kappa shape index (κ3) is 6.32. The van der Waals surface area contributed by atoms with E-state index in [1.807, 2.05) is 24.3 Å². The minimum atomic E-state index is -2.15. The molecule has 45 heavy (non-hydrogen) atoms. The highest BCUT2D eigenvalue weighted by Gasteiger charge is 2.41. The highest BCUT2D eigenvalue weighted by atomic mass is 31.2. The number of amides is 1. The van der Waals surface area contributed by atoms with Crippen molar-refractivity contribution in [3.8, 4) is 17.2 Å². The predicted molar refractivity (Wildman–Crippen MR) is 164 cm³/mol. The van der Waals surface area contributed by atoms with E-state index in [1.165, 1.54) is 12.7 Å². The molecule has 1 fully saturated rings. The summed E-state index contributed by atoms with van der Waals surface area (Å²) in [6, 6.07) is 18.3. The van der Waals surface area contributed by atoms with Gasteiger partial charge in [0.05, 0.1) is 24.8 Å². The van der Waals surface area contributed by atoms with Gasteiger partial charge in [0.15, 0.2) is 11.2 Å². The van der Waals surface area contributed by atoms with Crippen LogP contribution >= 0.6 is 8.53 Å². The molecular weight excluding hydrogens is 599 g/mol. The second kappa shape index (κ2) is 13.4. The molecule has 0 saturated carbocycles. The molecule has 3 heterocycles. The van der Waals surface area contributed by atoms with E-state index < -0.39 is 33.1 Å². The van der Waals surface area contributed by atoms with E-state index in [1.54, 1.807) is 28.5 Å². The van der Waals surface area contributed by atoms with E-state index in [4.69, 9.17) is 19.3 Å². The molecule has 14 nitrogen and oxygen atoms in total. The van der Waals surface area contributed by atoms with Gasteiger partial charge >= 0.3 is 6.09 Å². The van der Waals surface area contributed by atoms with Crippen LogP contribution in [0.1, 0.15) is 36.1 Å². The maximum atomic E-state index is 13.0. The van der Waals surface area contributed by atoms with Gasteiger partial charge in [-0.2, -0.15) is 10.0 Å². The normalized spacial score (nSPS) is 19.9. The van der Waals surface area contributed by atoms with Gasteiger partial charge in [0.25, 0.3) is 14.1 Å². The molecular formula is C30H33N8O6P. The van der Waals surface area contributed by atoms with Gasteiger partial charge < -0.3 is 29.2 Å². The molecule has 3 N–H and O–H groups in total. The van der Waals surface area contributed by atoms with Crippen LogP contribution in [0.4, 0.5) is 4.79 Å². The molecule has 1 aliphatic carbocycles. The first-order valence-electron chi connectivity index (χ1n) is 14.5. The molecule has 4 aromatic rings. The highest BCUT2D eigenvalue weighted by molar-refractivity contribution is 7.43. The molecule has 0 spiro atoms. The zero-order chi connectivity index (χ0) is 31.5. The summed E-state index contributed by atoms with van der Waals surface area (Å²) in [6.45, 7) is 0.458. The Bertz CT molecular complexity index is 1730. The van der Waals surface area contributed by atoms with Crippen LogP contribution < -0.4 is 10.9 Å². The minimum absolute atomic E-state index is 0.0296. The van der Waals surface area contributed by atoms with Gasteiger partial charge in [0, 0.05) is 45.9 Å². The number of nitriles is 1. The van der Waals surface area contributed by atoms with Crippen molar-refractivity contribution in [3.63, 3.8) is 0 Å². The van der Waals surface area contributed by atoms with Crippen molar-refractivity contribution in [1.29, 1.82) is 5.26 Å². The lowest BCUT2D eigenvalue weighted by Gasteiger charge is -2.32. The third-order valence-electron chi connectivity index (χ3n) is 7.96. The maximum absolute atomic E-state index is 13.0. The number of H-pyrrole nitrogens is 1. The number of rotatable bonds is 11. The van der Waals surface area contributed by atoms with Crippen LogP contribution in [-0.2, 0) is 14.0 Å². The number of carbonyl (C=O) groups excluding carboxylic acids is 1. The number of benzene rings is 2. The molecule has 234 valence electrons. The largest absolute Gasteiger partial charge is 0.449 e. The van der Waals surface area contributed by atoms with Crippen molar-refractivity contribution < 1.29 is 23.7 Å². The standard InChI is InChI=1S/C30H33N8O6P/c1-36(2)38(13-7-12-31)45(41)44-24-14-26(37-18-35-27-28(37)33-17-34-29(27)39)43-25(24)15-32-30(40)42-16-23-21-10-5-3-8-19(21)20-9-4-6-11-22(20)23/h3-6,8-11,17-18,23-26,41H,7,13-16H2,1-2H3,(H,32,40)(H,33,34,39)/t24-,25+,26+,45?/m0/s1. The van der Waals surface area contributed by atoms with Crippen LogP contribution in [0.15, 0.2) is 66.0 Å². The Hall–Kier alpha value is -4.22. The fourth-order valence-corrected chi connectivity index (χ4v) is 6.99. The molecule has 4 atom stereocenters. The lowest BCUT2D eigenvalue weighted by atomic mass is 9.98. The van der Waals surface area contributed by atoms with Crippen molar-refractivity contribution >= 4 is 25.8 Å². The van der Waals surface area contributed by atoms with Crippen LogP contribution in [-0.4, -0.2) is 86.3 Å². The lowest BCUT2D eigenvalue weighted by molar-refractivity contribution is -0.0153. The lowest BCUT2D eigenvalue weighted by Crippen LogP contribution is -2.40. The number of alkyl carbamates (subject to hydrolysis) is 1. The van der Waals surface area contributed by atoms with Crippen LogP contribution in [0, 0.1) is 11.3 Å². The number of imidazole rings is 1. The molecule has 1 saturated heterocycles. The summed E-state index contributed by atoms with van der Waals surface area (Å²) in [7, 11) is 1.35. The SMILES string of the molecule is CN(C)N(CCC#N)P(O)O[C@H]1C[C@H](n2cnc3c(=O)[nH]cnc32)O[C@@H]1CNC(=O)OCC1c2ccccc2-c2ccccc21. The zero-order valence-electron chi connectivity index (χ0n) is 24.7. The average Bonchev–Trinajstić information content (AvgIpc) is 3.73. The van der Waals surface area contributed by atoms with E-state index in [2.05, 4.69) is 50.6 Å². The van der Waals surface area contributed by atoms with Crippen molar-refractivity contribution in [2.45, 2.75) is 37.2 Å². The van der Waals surface area contributed by atoms with Crippen molar-refractivity contribution in [2.75, 3.05) is 33.8 Å². The van der Waals surface area contributed by atoms with Gasteiger partial charge in [-0.05, 0) is 22.3 Å². The van der Waals surface area contributed by atoms with E-state index >= 15 is 0 Å². The molecule has 0 radical (unpaired) electrons. The monoisotopic (exact) mass is 632 g/mol. The van der Waals surface area contributed by atoms with Gasteiger partial charge in [-0.25, -0.2) is 19.8 Å². The zero-order valence-corrected chi connectivity index (χ0v) is 25.6. The smallest absolute Gasteiger partial charge is 0.407 e. The Balaban J connectivity index is 1.15. The Kier molecular flexibility index (Phi) is 9.18. The molecule has 1 unspecified atom stereocenters. The Morgan fingerprint density at radius 1 is 1.20 bits per heavy atom. The number of hydrogen-bond acceptors (Lipinski definition) is 11. The Morgan fingerprint density at radius 2 is 1.91 bits per heavy atom. The second-order valence-corrected chi connectivity index (χ2v) is 12.1. The number of fused-ring (bicyclic) bond motifs is 4. The number of hydrazine groups is 1. The number of nitrogens with zero attached hydrogens (tertiary/aromatic N) is 6. The number of nitrogens with one attached hydrogen (secondary N) is 2. The minimum Gasteiger partial charge on any atom is -0.449 e. The van der Waals surface area contributed by atoms with Gasteiger partial charge in [0.1, 0.15) is 18.9 Å². The van der Waals surface area contributed by atoms with Gasteiger partial charge in [0.2, 0.25) is 0 Å². The van der Waals surface area contributed by atoms with Crippen molar-refractivity contribution in [3.05, 3.63) is 82.7 Å². The van der Waals surface area contributed by atoms with Crippen LogP contribution in [0.2, 0.25) is 0 Å². The third-order valence-corrected chi connectivity index (χ3v) is 9.37. The first-order chi connectivity index (χ1) is 21.9. The van der Waals surface area contributed by atoms with Gasteiger partial charge in [-0.15, -0.1) is 0 Å². The quantitative estimate of drug-likeness (QED) is 0.164. The fraction of sp³-hybridized carbons (Fsp3) is 0.367. The molecule has 1 amide bonds. The molecule has 2 aliphatic rings. The van der Waals surface area contributed by atoms with E-state index in [-0.39, 0.29) is 49.5 Å². The molecule has 15 heteroatoms. The number of aromatic amines is 1. The summed E-state index contributed by atoms with van der Waals surface area (Å²) < 4.78 is 21.3. The number of hydrogen-bond donors (Lipinski definition) is 3. The van der Waals surface area contributed by atoms with Crippen LogP contribution in [0.5, 0.6) is 0 Å². The summed E-state index contributed by atoms with van der Waals surface area (Å²) in [4.78, 5) is 47.1. The van der Waals surface area contributed by atoms with Crippen molar-refractivity contribution in [2.24, 2.45) is 0 Å². The summed E-state index contributed by atoms with van der Waals surface area (Å²) in [5, 5.41) is 13.5. The summed E-state index contributed by atoms with van der Waals surface area (Å²) in [6.07, 6.45) is 0.624. The van der Waals surface area contributed by atoms with Crippen molar-refractivity contribution in [1.82, 2.24) is 34.6 Å². The summed E-state index contributed by atoms with van der Waals surface area (Å²) >= 11 is 0. The highest BCUT2D eigenvalue weighted by Crippen LogP contribution is 2.45. The molecule has 2 aromatic heterocycles.